The standard InChI is InChI=1S/C25H26N2O5/c1-15-6-3-4-8-19(15)21-13-23(28)32-22-12-18(9-10-20(21)22)26-16(2)24(29)27-11-5-7-17(14-27)25(30)31/h3-4,6,8-10,12-13,16-17,26H,5,7,11,14H2,1-2H3,(H,30,31)/t16-,17?/m1/s1. The normalized spacial score (nSPS) is 17.2. The zero-order chi connectivity index (χ0) is 22.8. The number of aliphatic carboxylic acids is 1. The average Bonchev–Trinajstić information content (AvgIpc) is 2.78. The molecular weight excluding hydrogens is 408 g/mol. The number of amides is 1. The first-order valence-electron chi connectivity index (χ1n) is 10.8. The van der Waals surface area contributed by atoms with Crippen molar-refractivity contribution in [2.75, 3.05) is 18.4 Å². The molecule has 1 saturated heterocycles. The highest BCUT2D eigenvalue weighted by molar-refractivity contribution is 5.95. The number of nitrogens with one attached hydrogen (secondary N) is 1. The fourth-order valence-electron chi connectivity index (χ4n) is 4.31. The van der Waals surface area contributed by atoms with E-state index in [1.165, 1.54) is 6.07 Å². The van der Waals surface area contributed by atoms with Crippen molar-refractivity contribution in [3.8, 4) is 11.1 Å². The third-order valence-electron chi connectivity index (χ3n) is 6.02. The van der Waals surface area contributed by atoms with Crippen LogP contribution in [0.15, 0.2) is 57.7 Å². The van der Waals surface area contributed by atoms with Crippen LogP contribution in [0.3, 0.4) is 0 Å². The van der Waals surface area contributed by atoms with E-state index in [1.54, 1.807) is 17.9 Å². The number of carbonyl (C=O) groups excluding carboxylic acids is 1. The molecule has 0 radical (unpaired) electrons. The number of aryl methyl sites for hydroxylation is 1. The van der Waals surface area contributed by atoms with Gasteiger partial charge in [-0.2, -0.15) is 0 Å². The maximum absolute atomic E-state index is 12.9. The fraction of sp³-hybridized carbons (Fsp3) is 0.320. The Morgan fingerprint density at radius 3 is 2.69 bits per heavy atom. The lowest BCUT2D eigenvalue weighted by Crippen LogP contribution is -2.47. The molecule has 2 atom stereocenters. The molecule has 7 heteroatoms. The number of benzene rings is 2. The van der Waals surface area contributed by atoms with E-state index in [1.807, 2.05) is 43.3 Å². The SMILES string of the molecule is Cc1ccccc1-c1cc(=O)oc2cc(N[C@H](C)C(=O)N3CCCC(C(=O)O)C3)ccc12. The maximum atomic E-state index is 12.9. The summed E-state index contributed by atoms with van der Waals surface area (Å²) in [5.74, 6) is -1.53. The number of piperidine rings is 1. The van der Waals surface area contributed by atoms with Gasteiger partial charge in [-0.1, -0.05) is 24.3 Å². The van der Waals surface area contributed by atoms with Crippen molar-refractivity contribution >= 4 is 28.5 Å². The summed E-state index contributed by atoms with van der Waals surface area (Å²) in [5.41, 5.74) is 3.47. The quantitative estimate of drug-likeness (QED) is 0.591. The lowest BCUT2D eigenvalue weighted by molar-refractivity contribution is -0.145. The molecule has 1 unspecified atom stereocenters. The van der Waals surface area contributed by atoms with Crippen LogP contribution in [-0.2, 0) is 9.59 Å². The lowest BCUT2D eigenvalue weighted by atomic mass is 9.97. The van der Waals surface area contributed by atoms with Gasteiger partial charge in [0.15, 0.2) is 0 Å². The fourth-order valence-corrected chi connectivity index (χ4v) is 4.31. The smallest absolute Gasteiger partial charge is 0.336 e. The second-order valence-electron chi connectivity index (χ2n) is 8.33. The number of fused-ring (bicyclic) bond motifs is 1. The Hall–Kier alpha value is -3.61. The van der Waals surface area contributed by atoms with Crippen LogP contribution in [0.25, 0.3) is 22.1 Å². The van der Waals surface area contributed by atoms with Crippen LogP contribution >= 0.6 is 0 Å². The highest BCUT2D eigenvalue weighted by atomic mass is 16.4. The van der Waals surface area contributed by atoms with Crippen molar-refractivity contribution in [2.45, 2.75) is 32.7 Å². The molecule has 3 aromatic rings. The van der Waals surface area contributed by atoms with Gasteiger partial charge >= 0.3 is 11.6 Å². The minimum absolute atomic E-state index is 0.147. The van der Waals surface area contributed by atoms with Gasteiger partial charge in [0.1, 0.15) is 11.6 Å². The summed E-state index contributed by atoms with van der Waals surface area (Å²) in [5, 5.41) is 13.2. The molecule has 0 saturated carbocycles. The third kappa shape index (κ3) is 4.37. The molecule has 7 nitrogen and oxygen atoms in total. The molecule has 1 fully saturated rings. The van der Waals surface area contributed by atoms with E-state index in [-0.39, 0.29) is 12.5 Å². The van der Waals surface area contributed by atoms with Crippen LogP contribution < -0.4 is 10.9 Å². The maximum Gasteiger partial charge on any atom is 0.336 e. The topological polar surface area (TPSA) is 99.9 Å². The number of carbonyl (C=O) groups is 2. The van der Waals surface area contributed by atoms with Crippen molar-refractivity contribution < 1.29 is 19.1 Å². The van der Waals surface area contributed by atoms with Gasteiger partial charge in [0, 0.05) is 41.9 Å². The second-order valence-corrected chi connectivity index (χ2v) is 8.33. The van der Waals surface area contributed by atoms with Gasteiger partial charge in [-0.25, -0.2) is 4.79 Å². The van der Waals surface area contributed by atoms with E-state index in [0.717, 1.165) is 22.1 Å². The van der Waals surface area contributed by atoms with Crippen molar-refractivity contribution in [3.05, 3.63) is 64.5 Å². The number of anilines is 1. The zero-order valence-electron chi connectivity index (χ0n) is 18.1. The summed E-state index contributed by atoms with van der Waals surface area (Å²) >= 11 is 0. The van der Waals surface area contributed by atoms with Crippen molar-refractivity contribution in [1.29, 1.82) is 0 Å². The average molecular weight is 434 g/mol. The molecule has 1 amide bonds. The molecule has 0 aliphatic carbocycles. The van der Waals surface area contributed by atoms with Gasteiger partial charge in [-0.3, -0.25) is 9.59 Å². The molecule has 4 rings (SSSR count). The largest absolute Gasteiger partial charge is 0.481 e. The number of hydrogen-bond acceptors (Lipinski definition) is 5. The molecule has 0 bridgehead atoms. The second kappa shape index (κ2) is 8.86. The molecule has 1 aliphatic heterocycles. The lowest BCUT2D eigenvalue weighted by Gasteiger charge is -2.33. The summed E-state index contributed by atoms with van der Waals surface area (Å²) in [4.78, 5) is 38.0. The number of hydrogen-bond donors (Lipinski definition) is 2. The van der Waals surface area contributed by atoms with E-state index in [2.05, 4.69) is 5.32 Å². The molecule has 1 aliphatic rings. The summed E-state index contributed by atoms with van der Waals surface area (Å²) in [6.45, 7) is 4.53. The molecule has 2 aromatic carbocycles. The zero-order valence-corrected chi connectivity index (χ0v) is 18.1. The third-order valence-corrected chi connectivity index (χ3v) is 6.02. The summed E-state index contributed by atoms with van der Waals surface area (Å²) in [6, 6.07) is 14.2. The minimum Gasteiger partial charge on any atom is -0.481 e. The number of nitrogens with zero attached hydrogens (tertiary/aromatic N) is 1. The Morgan fingerprint density at radius 1 is 1.16 bits per heavy atom. The van der Waals surface area contributed by atoms with Crippen LogP contribution in [0.1, 0.15) is 25.3 Å². The Balaban J connectivity index is 1.58. The summed E-state index contributed by atoms with van der Waals surface area (Å²) in [7, 11) is 0. The predicted molar refractivity (Wildman–Crippen MR) is 123 cm³/mol. The number of rotatable bonds is 5. The van der Waals surface area contributed by atoms with E-state index in [0.29, 0.717) is 30.7 Å². The van der Waals surface area contributed by atoms with Gasteiger partial charge in [0.2, 0.25) is 5.91 Å². The van der Waals surface area contributed by atoms with E-state index in [9.17, 15) is 19.5 Å². The molecule has 32 heavy (non-hydrogen) atoms. The van der Waals surface area contributed by atoms with Crippen molar-refractivity contribution in [2.24, 2.45) is 5.92 Å². The van der Waals surface area contributed by atoms with Gasteiger partial charge in [-0.15, -0.1) is 0 Å². The van der Waals surface area contributed by atoms with E-state index >= 15 is 0 Å². The van der Waals surface area contributed by atoms with Gasteiger partial charge in [0.25, 0.3) is 0 Å². The molecule has 2 N–H and O–H groups in total. The van der Waals surface area contributed by atoms with Crippen LogP contribution in [0.5, 0.6) is 0 Å². The first-order valence-corrected chi connectivity index (χ1v) is 10.8. The molecule has 166 valence electrons. The Morgan fingerprint density at radius 2 is 1.94 bits per heavy atom. The minimum atomic E-state index is -0.864. The highest BCUT2D eigenvalue weighted by Gasteiger charge is 2.30. The van der Waals surface area contributed by atoms with Crippen LogP contribution in [-0.4, -0.2) is 41.0 Å². The Labute approximate surface area is 185 Å². The molecule has 2 heterocycles. The van der Waals surface area contributed by atoms with Gasteiger partial charge in [-0.05, 0) is 49.9 Å². The van der Waals surface area contributed by atoms with Crippen LogP contribution in [0, 0.1) is 12.8 Å². The Kier molecular flexibility index (Phi) is 5.99. The van der Waals surface area contributed by atoms with Crippen LogP contribution in [0.2, 0.25) is 0 Å². The molecule has 0 spiro atoms. The van der Waals surface area contributed by atoms with Crippen LogP contribution in [0.4, 0.5) is 5.69 Å². The van der Waals surface area contributed by atoms with Gasteiger partial charge < -0.3 is 19.7 Å². The number of carboxylic acid groups (broad SMARTS) is 1. The highest BCUT2D eigenvalue weighted by Crippen LogP contribution is 2.31. The monoisotopic (exact) mass is 434 g/mol. The van der Waals surface area contributed by atoms with Crippen molar-refractivity contribution in [1.82, 2.24) is 4.90 Å². The number of likely N-dealkylation sites (tertiary alicyclic amines) is 1. The Bertz CT molecular complexity index is 1230. The summed E-state index contributed by atoms with van der Waals surface area (Å²) < 4.78 is 5.45. The predicted octanol–water partition coefficient (Wildman–Crippen LogP) is 3.89. The first kappa shape index (κ1) is 21.6. The van der Waals surface area contributed by atoms with E-state index < -0.39 is 23.6 Å². The molecule has 1 aromatic heterocycles. The van der Waals surface area contributed by atoms with Gasteiger partial charge in [0.05, 0.1) is 5.92 Å². The first-order chi connectivity index (χ1) is 15.3. The number of carboxylic acids is 1. The van der Waals surface area contributed by atoms with Crippen molar-refractivity contribution in [3.63, 3.8) is 0 Å². The van der Waals surface area contributed by atoms with E-state index in [4.69, 9.17) is 4.42 Å². The summed E-state index contributed by atoms with van der Waals surface area (Å²) in [6.07, 6.45) is 1.27. The molecular formula is C25H26N2O5.